The number of ether oxygens (including phenoxy) is 1. The van der Waals surface area contributed by atoms with Gasteiger partial charge < -0.3 is 20.5 Å². The second-order valence-corrected chi connectivity index (χ2v) is 7.28. The number of nitrogens with one attached hydrogen (secondary N) is 2. The van der Waals surface area contributed by atoms with Crippen molar-refractivity contribution >= 4 is 17.7 Å². The Morgan fingerprint density at radius 2 is 2.24 bits per heavy atom. The van der Waals surface area contributed by atoms with E-state index in [-0.39, 0.29) is 0 Å². The summed E-state index contributed by atoms with van der Waals surface area (Å²) in [5, 5.41) is 17.5. The van der Waals surface area contributed by atoms with Gasteiger partial charge in [-0.2, -0.15) is 11.8 Å². The van der Waals surface area contributed by atoms with Gasteiger partial charge in [0.2, 0.25) is 0 Å². The molecular weight excluding hydrogens is 286 g/mol. The zero-order chi connectivity index (χ0) is 15.1. The molecule has 2 rings (SSSR count). The molecule has 3 N–H and O–H groups in total. The Morgan fingerprint density at radius 3 is 2.81 bits per heavy atom. The molecule has 0 amide bonds. The van der Waals surface area contributed by atoms with Gasteiger partial charge >= 0.3 is 0 Å². The minimum Gasteiger partial charge on any atom is -0.387 e. The topological polar surface area (TPSA) is 65.9 Å². The third kappa shape index (κ3) is 4.76. The highest BCUT2D eigenvalue weighted by molar-refractivity contribution is 8.00. The van der Waals surface area contributed by atoms with E-state index in [1.807, 2.05) is 11.8 Å². The molecule has 2 aliphatic rings. The molecule has 5 nitrogen and oxygen atoms in total. The lowest BCUT2D eigenvalue weighted by Crippen LogP contribution is -2.53. The van der Waals surface area contributed by atoms with Crippen LogP contribution in [0.2, 0.25) is 0 Å². The van der Waals surface area contributed by atoms with Crippen molar-refractivity contribution in [3.05, 3.63) is 0 Å². The third-order valence-corrected chi connectivity index (χ3v) is 5.59. The number of hydrogen-bond acceptors (Lipinski definition) is 4. The standard InChI is InChI=1S/C15H29N3O2S/c1-3-16-14(17-10-12-6-5-9-20-12)18-11-15(19)8-7-13(15)21-4-2/h12-13,19H,3-11H2,1-2H3,(H2,16,17,18). The highest BCUT2D eigenvalue weighted by atomic mass is 32.2. The van der Waals surface area contributed by atoms with E-state index in [1.54, 1.807) is 0 Å². The fourth-order valence-corrected chi connectivity index (χ4v) is 3.98. The van der Waals surface area contributed by atoms with Crippen LogP contribution in [0.5, 0.6) is 0 Å². The van der Waals surface area contributed by atoms with Crippen LogP contribution in [-0.4, -0.2) is 60.0 Å². The zero-order valence-electron chi connectivity index (χ0n) is 13.2. The molecule has 122 valence electrons. The van der Waals surface area contributed by atoms with Gasteiger partial charge in [0, 0.05) is 24.9 Å². The number of rotatable bonds is 7. The molecular formula is C15H29N3O2S. The zero-order valence-corrected chi connectivity index (χ0v) is 14.0. The summed E-state index contributed by atoms with van der Waals surface area (Å²) in [4.78, 5) is 4.58. The first kappa shape index (κ1) is 16.9. The number of hydrogen-bond donors (Lipinski definition) is 3. The highest BCUT2D eigenvalue weighted by Crippen LogP contribution is 2.41. The van der Waals surface area contributed by atoms with Crippen LogP contribution in [0.1, 0.15) is 39.5 Å². The Morgan fingerprint density at radius 1 is 1.38 bits per heavy atom. The largest absolute Gasteiger partial charge is 0.387 e. The van der Waals surface area contributed by atoms with Gasteiger partial charge in [0.15, 0.2) is 5.96 Å². The molecule has 0 radical (unpaired) electrons. The van der Waals surface area contributed by atoms with Crippen LogP contribution in [0.3, 0.4) is 0 Å². The number of aliphatic imine (C=N–C) groups is 1. The summed E-state index contributed by atoms with van der Waals surface area (Å²) in [5.41, 5.74) is -0.618. The van der Waals surface area contributed by atoms with E-state index in [4.69, 9.17) is 4.74 Å². The Kier molecular flexibility index (Phi) is 6.64. The fraction of sp³-hybridized carbons (Fsp3) is 0.933. The summed E-state index contributed by atoms with van der Waals surface area (Å²) in [5.74, 6) is 1.84. The lowest BCUT2D eigenvalue weighted by atomic mass is 9.79. The van der Waals surface area contributed by atoms with Crippen molar-refractivity contribution in [2.45, 2.75) is 56.5 Å². The third-order valence-electron chi connectivity index (χ3n) is 4.18. The van der Waals surface area contributed by atoms with E-state index < -0.39 is 5.60 Å². The molecule has 21 heavy (non-hydrogen) atoms. The predicted molar refractivity (Wildman–Crippen MR) is 89.1 cm³/mol. The van der Waals surface area contributed by atoms with Crippen molar-refractivity contribution in [2.24, 2.45) is 4.99 Å². The van der Waals surface area contributed by atoms with Gasteiger partial charge in [-0.05, 0) is 38.4 Å². The molecule has 3 unspecified atom stereocenters. The number of guanidine groups is 1. The molecule has 6 heteroatoms. The van der Waals surface area contributed by atoms with E-state index in [0.717, 1.165) is 57.1 Å². The van der Waals surface area contributed by atoms with E-state index in [9.17, 15) is 5.11 Å². The van der Waals surface area contributed by atoms with Crippen molar-refractivity contribution in [1.29, 1.82) is 0 Å². The second-order valence-electron chi connectivity index (χ2n) is 5.80. The van der Waals surface area contributed by atoms with Crippen LogP contribution in [-0.2, 0) is 4.74 Å². The number of thioether (sulfide) groups is 1. The minimum atomic E-state index is -0.618. The quantitative estimate of drug-likeness (QED) is 0.489. The summed E-state index contributed by atoms with van der Waals surface area (Å²) in [6.45, 7) is 7.15. The first-order chi connectivity index (χ1) is 10.2. The number of aliphatic hydroxyl groups is 1. The summed E-state index contributed by atoms with van der Waals surface area (Å²) in [6, 6.07) is 0. The van der Waals surface area contributed by atoms with Crippen molar-refractivity contribution in [2.75, 3.05) is 32.0 Å². The fourth-order valence-electron chi connectivity index (χ4n) is 2.79. The van der Waals surface area contributed by atoms with Gasteiger partial charge in [0.25, 0.3) is 0 Å². The molecule has 0 aromatic heterocycles. The monoisotopic (exact) mass is 315 g/mol. The Labute approximate surface area is 132 Å². The normalized spacial score (nSPS) is 32.8. The van der Waals surface area contributed by atoms with Gasteiger partial charge in [-0.3, -0.25) is 4.99 Å². The van der Waals surface area contributed by atoms with Gasteiger partial charge in [-0.25, -0.2) is 0 Å². The van der Waals surface area contributed by atoms with Crippen LogP contribution >= 0.6 is 11.8 Å². The molecule has 0 aromatic rings. The molecule has 0 spiro atoms. The Bertz CT molecular complexity index is 348. The van der Waals surface area contributed by atoms with Crippen LogP contribution in [0.15, 0.2) is 4.99 Å². The summed E-state index contributed by atoms with van der Waals surface area (Å²) in [6.07, 6.45) is 4.52. The predicted octanol–water partition coefficient (Wildman–Crippen LogP) is 1.37. The molecule has 1 heterocycles. The number of nitrogens with zero attached hydrogens (tertiary/aromatic N) is 1. The van der Waals surface area contributed by atoms with Crippen molar-refractivity contribution in [3.8, 4) is 0 Å². The second kappa shape index (κ2) is 8.25. The van der Waals surface area contributed by atoms with Crippen LogP contribution in [0, 0.1) is 0 Å². The summed E-state index contributed by atoms with van der Waals surface area (Å²) < 4.78 is 5.61. The van der Waals surface area contributed by atoms with E-state index in [0.29, 0.717) is 17.9 Å². The van der Waals surface area contributed by atoms with Gasteiger partial charge in [0.1, 0.15) is 0 Å². The van der Waals surface area contributed by atoms with E-state index in [2.05, 4.69) is 29.5 Å². The molecule has 1 aliphatic carbocycles. The van der Waals surface area contributed by atoms with Crippen molar-refractivity contribution in [3.63, 3.8) is 0 Å². The minimum absolute atomic E-state index is 0.295. The maximum Gasteiger partial charge on any atom is 0.191 e. The SMILES string of the molecule is CCNC(=NCC1(O)CCC1SCC)NCC1CCCO1. The first-order valence-corrected chi connectivity index (χ1v) is 9.20. The van der Waals surface area contributed by atoms with Crippen LogP contribution < -0.4 is 10.6 Å². The first-order valence-electron chi connectivity index (χ1n) is 8.15. The van der Waals surface area contributed by atoms with E-state index in [1.165, 1.54) is 0 Å². The molecule has 0 aromatic carbocycles. The van der Waals surface area contributed by atoms with Gasteiger partial charge in [-0.1, -0.05) is 6.92 Å². The summed E-state index contributed by atoms with van der Waals surface area (Å²) >= 11 is 1.84. The van der Waals surface area contributed by atoms with E-state index >= 15 is 0 Å². The smallest absolute Gasteiger partial charge is 0.191 e. The molecule has 0 bridgehead atoms. The molecule has 1 aliphatic heterocycles. The highest BCUT2D eigenvalue weighted by Gasteiger charge is 2.45. The lowest BCUT2D eigenvalue weighted by molar-refractivity contribution is -0.0154. The van der Waals surface area contributed by atoms with Crippen molar-refractivity contribution in [1.82, 2.24) is 10.6 Å². The van der Waals surface area contributed by atoms with Gasteiger partial charge in [0.05, 0.1) is 18.2 Å². The van der Waals surface area contributed by atoms with Crippen LogP contribution in [0.4, 0.5) is 0 Å². The average Bonchev–Trinajstić information content (AvgIpc) is 2.99. The Balaban J connectivity index is 1.81. The molecule has 3 atom stereocenters. The molecule has 1 saturated carbocycles. The maximum absolute atomic E-state index is 10.6. The lowest BCUT2D eigenvalue weighted by Gasteiger charge is -2.44. The Hall–Kier alpha value is -0.460. The summed E-state index contributed by atoms with van der Waals surface area (Å²) in [7, 11) is 0. The molecule has 1 saturated heterocycles. The maximum atomic E-state index is 10.6. The average molecular weight is 315 g/mol. The molecule has 2 fully saturated rings. The van der Waals surface area contributed by atoms with Crippen LogP contribution in [0.25, 0.3) is 0 Å². The van der Waals surface area contributed by atoms with Gasteiger partial charge in [-0.15, -0.1) is 0 Å². The van der Waals surface area contributed by atoms with Crippen molar-refractivity contribution < 1.29 is 9.84 Å².